The Morgan fingerprint density at radius 3 is 2.52 bits per heavy atom. The maximum Gasteiger partial charge on any atom is 0.142 e. The molecule has 0 atom stereocenters. The number of hydrogen-bond acceptors (Lipinski definition) is 4. The summed E-state index contributed by atoms with van der Waals surface area (Å²) < 4.78 is 0. The molecule has 0 unspecified atom stereocenters. The standard InChI is InChI=1S/C15H12Cl2N2S2/c1-8-9(2)21-15-13(8)14(17)18-12(19-15)7-20-11-5-3-10(16)4-6-11/h3-6H,7H2,1-2H3. The Balaban J connectivity index is 1.86. The van der Waals surface area contributed by atoms with E-state index in [1.807, 2.05) is 24.3 Å². The summed E-state index contributed by atoms with van der Waals surface area (Å²) >= 11 is 15.5. The number of halogens is 2. The van der Waals surface area contributed by atoms with Crippen LogP contribution in [-0.4, -0.2) is 9.97 Å². The maximum atomic E-state index is 6.31. The average Bonchev–Trinajstić information content (AvgIpc) is 2.74. The van der Waals surface area contributed by atoms with Crippen LogP contribution >= 0.6 is 46.3 Å². The summed E-state index contributed by atoms with van der Waals surface area (Å²) in [6.07, 6.45) is 0. The largest absolute Gasteiger partial charge is 0.221 e. The van der Waals surface area contributed by atoms with Crippen LogP contribution in [0, 0.1) is 13.8 Å². The van der Waals surface area contributed by atoms with E-state index in [1.165, 1.54) is 10.4 Å². The Bertz CT molecular complexity index is 798. The van der Waals surface area contributed by atoms with Gasteiger partial charge >= 0.3 is 0 Å². The molecule has 2 nitrogen and oxygen atoms in total. The van der Waals surface area contributed by atoms with Gasteiger partial charge in [-0.1, -0.05) is 23.2 Å². The second-order valence-corrected chi connectivity index (χ2v) is 7.68. The van der Waals surface area contributed by atoms with Gasteiger partial charge in [-0.25, -0.2) is 9.97 Å². The zero-order chi connectivity index (χ0) is 15.0. The van der Waals surface area contributed by atoms with E-state index in [-0.39, 0.29) is 0 Å². The quantitative estimate of drug-likeness (QED) is 0.432. The second kappa shape index (κ2) is 6.13. The first-order valence-corrected chi connectivity index (χ1v) is 8.91. The van der Waals surface area contributed by atoms with Gasteiger partial charge < -0.3 is 0 Å². The van der Waals surface area contributed by atoms with Gasteiger partial charge in [0.15, 0.2) is 0 Å². The molecule has 0 N–H and O–H groups in total. The fraction of sp³-hybridized carbons (Fsp3) is 0.200. The Morgan fingerprint density at radius 2 is 1.81 bits per heavy atom. The number of hydrogen-bond donors (Lipinski definition) is 0. The van der Waals surface area contributed by atoms with Crippen molar-refractivity contribution >= 4 is 56.5 Å². The summed E-state index contributed by atoms with van der Waals surface area (Å²) in [6.45, 7) is 4.14. The van der Waals surface area contributed by atoms with Crippen molar-refractivity contribution in [3.05, 3.63) is 50.7 Å². The van der Waals surface area contributed by atoms with Crippen LogP contribution in [0.5, 0.6) is 0 Å². The number of rotatable bonds is 3. The number of thiophene rings is 1. The Kier molecular flexibility index (Phi) is 4.41. The minimum atomic E-state index is 0.550. The molecule has 0 aliphatic rings. The first-order valence-electron chi connectivity index (χ1n) is 6.35. The number of nitrogens with zero attached hydrogens (tertiary/aromatic N) is 2. The SMILES string of the molecule is Cc1sc2nc(CSc3ccc(Cl)cc3)nc(Cl)c2c1C. The predicted octanol–water partition coefficient (Wildman–Crippen LogP) is 5.91. The van der Waals surface area contributed by atoms with Crippen LogP contribution in [0.1, 0.15) is 16.3 Å². The number of aryl methyl sites for hydroxylation is 2. The summed E-state index contributed by atoms with van der Waals surface area (Å²) in [6, 6.07) is 7.75. The molecule has 3 rings (SSSR count). The van der Waals surface area contributed by atoms with Gasteiger partial charge in [0, 0.05) is 14.8 Å². The van der Waals surface area contributed by atoms with Gasteiger partial charge in [0.2, 0.25) is 0 Å². The summed E-state index contributed by atoms with van der Waals surface area (Å²) in [4.78, 5) is 12.4. The van der Waals surface area contributed by atoms with Gasteiger partial charge in [-0.15, -0.1) is 23.1 Å². The van der Waals surface area contributed by atoms with Crippen LogP contribution < -0.4 is 0 Å². The molecule has 0 aliphatic carbocycles. The molecule has 0 amide bonds. The molecular formula is C15H12Cl2N2S2. The van der Waals surface area contributed by atoms with Crippen molar-refractivity contribution in [2.24, 2.45) is 0 Å². The topological polar surface area (TPSA) is 25.8 Å². The molecule has 0 bridgehead atoms. The minimum Gasteiger partial charge on any atom is -0.221 e. The van der Waals surface area contributed by atoms with Crippen LogP contribution in [0.25, 0.3) is 10.2 Å². The summed E-state index contributed by atoms with van der Waals surface area (Å²) in [5.74, 6) is 1.45. The highest BCUT2D eigenvalue weighted by atomic mass is 35.5. The van der Waals surface area contributed by atoms with Crippen molar-refractivity contribution in [2.45, 2.75) is 24.5 Å². The van der Waals surface area contributed by atoms with Crippen molar-refractivity contribution in [2.75, 3.05) is 0 Å². The Labute approximate surface area is 141 Å². The van der Waals surface area contributed by atoms with Gasteiger partial charge in [0.25, 0.3) is 0 Å². The van der Waals surface area contributed by atoms with Crippen LogP contribution in [0.2, 0.25) is 10.2 Å². The summed E-state index contributed by atoms with van der Waals surface area (Å²) in [7, 11) is 0. The third-order valence-corrected chi connectivity index (χ3v) is 5.85. The first kappa shape index (κ1) is 15.1. The average molecular weight is 355 g/mol. The molecule has 0 spiro atoms. The fourth-order valence-electron chi connectivity index (χ4n) is 1.99. The van der Waals surface area contributed by atoms with Crippen molar-refractivity contribution < 1.29 is 0 Å². The van der Waals surface area contributed by atoms with Crippen LogP contribution in [0.3, 0.4) is 0 Å². The van der Waals surface area contributed by atoms with Crippen molar-refractivity contribution in [3.8, 4) is 0 Å². The highest BCUT2D eigenvalue weighted by molar-refractivity contribution is 7.98. The molecule has 2 heterocycles. The lowest BCUT2D eigenvalue weighted by Gasteiger charge is -2.03. The highest BCUT2D eigenvalue weighted by Gasteiger charge is 2.13. The van der Waals surface area contributed by atoms with E-state index >= 15 is 0 Å². The molecule has 0 radical (unpaired) electrons. The number of thioether (sulfide) groups is 1. The molecule has 21 heavy (non-hydrogen) atoms. The summed E-state index contributed by atoms with van der Waals surface area (Å²) in [5, 5.41) is 2.28. The van der Waals surface area contributed by atoms with Crippen molar-refractivity contribution in [1.29, 1.82) is 0 Å². The van der Waals surface area contributed by atoms with Gasteiger partial charge in [0.1, 0.15) is 15.8 Å². The molecule has 0 saturated carbocycles. The van der Waals surface area contributed by atoms with E-state index in [9.17, 15) is 0 Å². The molecule has 2 aromatic heterocycles. The summed E-state index contributed by atoms with van der Waals surface area (Å²) in [5.41, 5.74) is 1.18. The van der Waals surface area contributed by atoms with Gasteiger partial charge in [0.05, 0.1) is 11.1 Å². The number of aromatic nitrogens is 2. The van der Waals surface area contributed by atoms with Crippen LogP contribution in [-0.2, 0) is 5.75 Å². The predicted molar refractivity (Wildman–Crippen MR) is 92.9 cm³/mol. The highest BCUT2D eigenvalue weighted by Crippen LogP contribution is 2.33. The van der Waals surface area contributed by atoms with Crippen molar-refractivity contribution in [1.82, 2.24) is 9.97 Å². The number of benzene rings is 1. The smallest absolute Gasteiger partial charge is 0.142 e. The second-order valence-electron chi connectivity index (χ2n) is 4.64. The third kappa shape index (κ3) is 3.19. The lowest BCUT2D eigenvalue weighted by molar-refractivity contribution is 1.07. The lowest BCUT2D eigenvalue weighted by atomic mass is 10.2. The molecule has 1 aromatic carbocycles. The lowest BCUT2D eigenvalue weighted by Crippen LogP contribution is -1.93. The molecule has 6 heteroatoms. The van der Waals surface area contributed by atoms with Crippen LogP contribution in [0.4, 0.5) is 0 Å². The zero-order valence-corrected chi connectivity index (χ0v) is 14.6. The molecule has 0 aliphatic heterocycles. The van der Waals surface area contributed by atoms with Gasteiger partial charge in [-0.05, 0) is 43.7 Å². The first-order chi connectivity index (χ1) is 10.0. The fourth-order valence-corrected chi connectivity index (χ4v) is 4.30. The zero-order valence-electron chi connectivity index (χ0n) is 11.5. The van der Waals surface area contributed by atoms with Crippen LogP contribution in [0.15, 0.2) is 29.2 Å². The molecule has 0 saturated heterocycles. The van der Waals surface area contributed by atoms with Gasteiger partial charge in [-0.3, -0.25) is 0 Å². The van der Waals surface area contributed by atoms with E-state index in [0.717, 1.165) is 26.0 Å². The molecule has 3 aromatic rings. The minimum absolute atomic E-state index is 0.550. The van der Waals surface area contributed by atoms with Crippen molar-refractivity contribution in [3.63, 3.8) is 0 Å². The Hall–Kier alpha value is -0.810. The molecule has 108 valence electrons. The maximum absolute atomic E-state index is 6.31. The monoisotopic (exact) mass is 354 g/mol. The number of fused-ring (bicyclic) bond motifs is 1. The normalized spacial score (nSPS) is 11.2. The van der Waals surface area contributed by atoms with E-state index in [2.05, 4.69) is 23.8 Å². The third-order valence-electron chi connectivity index (χ3n) is 3.21. The Morgan fingerprint density at radius 1 is 1.10 bits per heavy atom. The van der Waals surface area contributed by atoms with E-state index in [4.69, 9.17) is 23.2 Å². The van der Waals surface area contributed by atoms with E-state index in [1.54, 1.807) is 23.1 Å². The molecule has 0 fully saturated rings. The van der Waals surface area contributed by atoms with E-state index < -0.39 is 0 Å². The van der Waals surface area contributed by atoms with E-state index in [0.29, 0.717) is 10.9 Å². The molecular weight excluding hydrogens is 343 g/mol. The van der Waals surface area contributed by atoms with Gasteiger partial charge in [-0.2, -0.15) is 0 Å².